The maximum Gasteiger partial charge on any atom is 0.339 e. The van der Waals surface area contributed by atoms with Crippen molar-refractivity contribution in [3.05, 3.63) is 47.0 Å². The predicted molar refractivity (Wildman–Crippen MR) is 96.7 cm³/mol. The average molecular weight is 377 g/mol. The van der Waals surface area contributed by atoms with Gasteiger partial charge in [-0.1, -0.05) is 13.5 Å². The number of aromatic carboxylic acids is 1. The fourth-order valence-electron chi connectivity index (χ4n) is 1.90. The molecular formula is C19H23NO7. The van der Waals surface area contributed by atoms with Gasteiger partial charge in [-0.3, -0.25) is 4.79 Å². The molecular weight excluding hydrogens is 354 g/mol. The van der Waals surface area contributed by atoms with E-state index in [2.05, 4.69) is 11.9 Å². The summed E-state index contributed by atoms with van der Waals surface area (Å²) in [5.41, 5.74) is -0.0920. The Kier molecular flexibility index (Phi) is 8.19. The van der Waals surface area contributed by atoms with E-state index in [1.807, 2.05) is 6.92 Å². The molecule has 0 aliphatic carbocycles. The molecule has 2 N–H and O–H groups in total. The highest BCUT2D eigenvalue weighted by atomic mass is 16.5. The second-order valence-corrected chi connectivity index (χ2v) is 5.86. The summed E-state index contributed by atoms with van der Waals surface area (Å²) in [5.74, 6) is -3.23. The van der Waals surface area contributed by atoms with Gasteiger partial charge in [-0.05, 0) is 38.5 Å². The van der Waals surface area contributed by atoms with Crippen LogP contribution in [0.4, 0.5) is 0 Å². The summed E-state index contributed by atoms with van der Waals surface area (Å²) in [4.78, 5) is 47.2. The molecule has 0 radical (unpaired) electrons. The van der Waals surface area contributed by atoms with Crippen LogP contribution in [0.15, 0.2) is 30.4 Å². The zero-order valence-electron chi connectivity index (χ0n) is 15.5. The van der Waals surface area contributed by atoms with Crippen molar-refractivity contribution in [3.8, 4) is 0 Å². The molecule has 0 saturated carbocycles. The number of nitrogens with one attached hydrogen (secondary N) is 1. The van der Waals surface area contributed by atoms with Crippen molar-refractivity contribution in [2.24, 2.45) is 0 Å². The van der Waals surface area contributed by atoms with Gasteiger partial charge in [-0.2, -0.15) is 0 Å². The van der Waals surface area contributed by atoms with Gasteiger partial charge < -0.3 is 19.9 Å². The first kappa shape index (κ1) is 21.9. The number of carboxylic acid groups (broad SMARTS) is 1. The molecule has 0 aliphatic rings. The van der Waals surface area contributed by atoms with Crippen LogP contribution in [0.5, 0.6) is 0 Å². The molecule has 0 aromatic heterocycles. The lowest BCUT2D eigenvalue weighted by Crippen LogP contribution is -2.30. The number of rotatable bonds is 9. The van der Waals surface area contributed by atoms with Gasteiger partial charge in [0.1, 0.15) is 6.61 Å². The summed E-state index contributed by atoms with van der Waals surface area (Å²) in [6.45, 7) is 8.36. The summed E-state index contributed by atoms with van der Waals surface area (Å²) in [5, 5.41) is 11.6. The number of carbonyl (C=O) groups is 4. The highest BCUT2D eigenvalue weighted by molar-refractivity contribution is 6.07. The average Bonchev–Trinajstić information content (AvgIpc) is 2.63. The van der Waals surface area contributed by atoms with Crippen LogP contribution in [-0.4, -0.2) is 48.2 Å². The van der Waals surface area contributed by atoms with Crippen LogP contribution in [-0.2, 0) is 14.3 Å². The van der Waals surface area contributed by atoms with Crippen LogP contribution in [0.2, 0.25) is 0 Å². The van der Waals surface area contributed by atoms with E-state index in [0.29, 0.717) is 6.42 Å². The van der Waals surface area contributed by atoms with Crippen LogP contribution in [0.3, 0.4) is 0 Å². The predicted octanol–water partition coefficient (Wildman–Crippen LogP) is 2.19. The number of carboxylic acids is 1. The first-order chi connectivity index (χ1) is 12.7. The molecule has 8 nitrogen and oxygen atoms in total. The standard InChI is InChI=1S/C19H23NO7/c1-5-12(4)27-19(25)14-7-6-13(17(22)23)10-15(14)16(21)20-8-9-26-18(24)11(2)3/h6-7,10,12H,2,5,8-9H2,1,3-4H3,(H,20,21)(H,22,23). The van der Waals surface area contributed by atoms with Crippen LogP contribution < -0.4 is 5.32 Å². The Morgan fingerprint density at radius 1 is 1.22 bits per heavy atom. The summed E-state index contributed by atoms with van der Waals surface area (Å²) >= 11 is 0. The van der Waals surface area contributed by atoms with Gasteiger partial charge in [0, 0.05) is 5.57 Å². The van der Waals surface area contributed by atoms with Crippen molar-refractivity contribution in [1.29, 1.82) is 0 Å². The Balaban J connectivity index is 2.93. The Morgan fingerprint density at radius 2 is 1.89 bits per heavy atom. The first-order valence-corrected chi connectivity index (χ1v) is 8.36. The molecule has 1 atom stereocenters. The van der Waals surface area contributed by atoms with Crippen LogP contribution in [0.1, 0.15) is 58.3 Å². The molecule has 8 heteroatoms. The van der Waals surface area contributed by atoms with Crippen molar-refractivity contribution >= 4 is 23.8 Å². The fraction of sp³-hybridized carbons (Fsp3) is 0.368. The van der Waals surface area contributed by atoms with Gasteiger partial charge in [-0.15, -0.1) is 0 Å². The number of benzene rings is 1. The number of amides is 1. The van der Waals surface area contributed by atoms with E-state index in [1.54, 1.807) is 6.92 Å². The molecule has 146 valence electrons. The molecule has 0 aliphatic heterocycles. The quantitative estimate of drug-likeness (QED) is 0.384. The second-order valence-electron chi connectivity index (χ2n) is 5.86. The van der Waals surface area contributed by atoms with E-state index in [1.165, 1.54) is 19.1 Å². The Labute approximate surface area is 157 Å². The smallest absolute Gasteiger partial charge is 0.339 e. The normalized spacial score (nSPS) is 11.2. The minimum atomic E-state index is -1.23. The Morgan fingerprint density at radius 3 is 2.44 bits per heavy atom. The molecule has 0 saturated heterocycles. The van der Waals surface area contributed by atoms with Crippen molar-refractivity contribution in [2.45, 2.75) is 33.3 Å². The van der Waals surface area contributed by atoms with Crippen molar-refractivity contribution < 1.29 is 33.8 Å². The van der Waals surface area contributed by atoms with Gasteiger partial charge in [0.15, 0.2) is 0 Å². The van der Waals surface area contributed by atoms with E-state index >= 15 is 0 Å². The van der Waals surface area contributed by atoms with Crippen LogP contribution in [0.25, 0.3) is 0 Å². The number of hydrogen-bond acceptors (Lipinski definition) is 6. The minimum absolute atomic E-state index is 0.0188. The largest absolute Gasteiger partial charge is 0.478 e. The molecule has 1 aromatic rings. The fourth-order valence-corrected chi connectivity index (χ4v) is 1.90. The van der Waals surface area contributed by atoms with Crippen LogP contribution >= 0.6 is 0 Å². The number of carbonyl (C=O) groups excluding carboxylic acids is 3. The summed E-state index contributed by atoms with van der Waals surface area (Å²) in [7, 11) is 0. The molecule has 1 amide bonds. The molecule has 0 heterocycles. The van der Waals surface area contributed by atoms with Gasteiger partial charge in [-0.25, -0.2) is 14.4 Å². The monoisotopic (exact) mass is 377 g/mol. The van der Waals surface area contributed by atoms with E-state index in [0.717, 1.165) is 6.07 Å². The molecule has 0 fully saturated rings. The third kappa shape index (κ3) is 6.58. The highest BCUT2D eigenvalue weighted by Gasteiger charge is 2.21. The maximum atomic E-state index is 12.4. The van der Waals surface area contributed by atoms with E-state index < -0.39 is 23.8 Å². The Bertz CT molecular complexity index is 754. The molecule has 0 bridgehead atoms. The Hall–Kier alpha value is -3.16. The maximum absolute atomic E-state index is 12.4. The van der Waals surface area contributed by atoms with Gasteiger partial charge in [0.05, 0.1) is 29.3 Å². The summed E-state index contributed by atoms with van der Waals surface area (Å²) < 4.78 is 10.1. The van der Waals surface area contributed by atoms with Gasteiger partial charge in [0.25, 0.3) is 5.91 Å². The third-order valence-corrected chi connectivity index (χ3v) is 3.58. The van der Waals surface area contributed by atoms with E-state index in [9.17, 15) is 19.2 Å². The third-order valence-electron chi connectivity index (χ3n) is 3.58. The van der Waals surface area contributed by atoms with Gasteiger partial charge >= 0.3 is 17.9 Å². The molecule has 1 aromatic carbocycles. The van der Waals surface area contributed by atoms with Crippen molar-refractivity contribution in [2.75, 3.05) is 13.2 Å². The summed E-state index contributed by atoms with van der Waals surface area (Å²) in [6.07, 6.45) is 0.239. The molecule has 0 spiro atoms. The zero-order valence-corrected chi connectivity index (χ0v) is 15.5. The van der Waals surface area contributed by atoms with Crippen molar-refractivity contribution in [1.82, 2.24) is 5.32 Å². The molecule has 27 heavy (non-hydrogen) atoms. The molecule has 1 rings (SSSR count). The SMILES string of the molecule is C=C(C)C(=O)OCCNC(=O)c1cc(C(=O)O)ccc1C(=O)OC(C)CC. The lowest BCUT2D eigenvalue weighted by Gasteiger charge is -2.14. The van der Waals surface area contributed by atoms with Crippen molar-refractivity contribution in [3.63, 3.8) is 0 Å². The van der Waals surface area contributed by atoms with Gasteiger partial charge in [0.2, 0.25) is 0 Å². The lowest BCUT2D eigenvalue weighted by atomic mass is 10.0. The number of esters is 2. The van der Waals surface area contributed by atoms with E-state index in [-0.39, 0.29) is 41.5 Å². The minimum Gasteiger partial charge on any atom is -0.478 e. The van der Waals surface area contributed by atoms with E-state index in [4.69, 9.17) is 14.6 Å². The lowest BCUT2D eigenvalue weighted by molar-refractivity contribution is -0.138. The highest BCUT2D eigenvalue weighted by Crippen LogP contribution is 2.15. The number of ether oxygens (including phenoxy) is 2. The first-order valence-electron chi connectivity index (χ1n) is 8.36. The number of hydrogen-bond donors (Lipinski definition) is 2. The topological polar surface area (TPSA) is 119 Å². The summed E-state index contributed by atoms with van der Waals surface area (Å²) in [6, 6.07) is 3.57. The zero-order chi connectivity index (χ0) is 20.6. The van der Waals surface area contributed by atoms with Crippen LogP contribution in [0, 0.1) is 0 Å². The second kappa shape index (κ2) is 10.1. The molecule has 1 unspecified atom stereocenters.